The van der Waals surface area contributed by atoms with Crippen LogP contribution in [0.2, 0.25) is 0 Å². The number of aromatic amines is 1. The Hall–Kier alpha value is -2.70. The van der Waals surface area contributed by atoms with Crippen molar-refractivity contribution in [2.75, 3.05) is 17.7 Å². The van der Waals surface area contributed by atoms with E-state index in [2.05, 4.69) is 30.6 Å². The van der Waals surface area contributed by atoms with Crippen LogP contribution in [0.4, 0.5) is 16.2 Å². The molecule has 3 aromatic rings. The van der Waals surface area contributed by atoms with Gasteiger partial charge in [0.15, 0.2) is 11.5 Å². The number of H-pyrrole nitrogens is 1. The number of fused-ring (bicyclic) bond motifs is 1. The Bertz CT molecular complexity index is 739. The fourth-order valence-corrected chi connectivity index (χ4v) is 1.89. The lowest BCUT2D eigenvalue weighted by Crippen LogP contribution is -2.06. The number of hydrogen-bond acceptors (Lipinski definition) is 5. The normalized spacial score (nSPS) is 10.7. The average molecular weight is 272 g/mol. The zero-order valence-electron chi connectivity index (χ0n) is 10.8. The first-order valence-corrected chi connectivity index (χ1v) is 6.14. The summed E-state index contributed by atoms with van der Waals surface area (Å²) in [5, 5.41) is 5.97. The second-order valence-electron chi connectivity index (χ2n) is 4.19. The topological polar surface area (TPSA) is 78.5 Å². The van der Waals surface area contributed by atoms with Crippen molar-refractivity contribution >= 4 is 22.9 Å². The van der Waals surface area contributed by atoms with Gasteiger partial charge in [0, 0.05) is 19.2 Å². The number of imidazole rings is 1. The Balaban J connectivity index is 1.90. The van der Waals surface area contributed by atoms with Crippen LogP contribution in [-0.2, 0) is 6.54 Å². The lowest BCUT2D eigenvalue weighted by molar-refractivity contribution is 0.613. The van der Waals surface area contributed by atoms with Gasteiger partial charge in [0.1, 0.15) is 11.3 Å². The van der Waals surface area contributed by atoms with Crippen LogP contribution in [-0.4, -0.2) is 27.0 Å². The second kappa shape index (κ2) is 5.12. The summed E-state index contributed by atoms with van der Waals surface area (Å²) in [5.41, 5.74) is 1.82. The molecule has 102 valence electrons. The molecule has 7 heteroatoms. The molecule has 0 atom stereocenters. The van der Waals surface area contributed by atoms with Gasteiger partial charge in [0.25, 0.3) is 0 Å². The molecule has 6 nitrogen and oxygen atoms in total. The number of nitrogens with zero attached hydrogens (tertiary/aromatic N) is 3. The molecule has 0 radical (unpaired) electrons. The minimum atomic E-state index is -0.247. The monoisotopic (exact) mass is 272 g/mol. The molecule has 0 unspecified atom stereocenters. The van der Waals surface area contributed by atoms with Gasteiger partial charge in [-0.3, -0.25) is 0 Å². The van der Waals surface area contributed by atoms with E-state index in [4.69, 9.17) is 0 Å². The van der Waals surface area contributed by atoms with E-state index in [0.717, 1.165) is 0 Å². The third-order valence-corrected chi connectivity index (χ3v) is 2.91. The van der Waals surface area contributed by atoms with Crippen LogP contribution in [0, 0.1) is 5.82 Å². The molecule has 0 bridgehead atoms. The van der Waals surface area contributed by atoms with E-state index in [-0.39, 0.29) is 5.82 Å². The minimum absolute atomic E-state index is 0.247. The molecule has 0 fully saturated rings. The van der Waals surface area contributed by atoms with Crippen molar-refractivity contribution in [3.05, 3.63) is 42.0 Å². The highest BCUT2D eigenvalue weighted by molar-refractivity contribution is 5.83. The SMILES string of the molecule is CNc1nc(NCc2ccccc2F)c2[nH]cnc2n1. The zero-order valence-corrected chi connectivity index (χ0v) is 10.8. The van der Waals surface area contributed by atoms with E-state index in [1.807, 2.05) is 0 Å². The maximum Gasteiger partial charge on any atom is 0.226 e. The van der Waals surface area contributed by atoms with Crippen molar-refractivity contribution in [1.29, 1.82) is 0 Å². The molecule has 0 saturated carbocycles. The first kappa shape index (κ1) is 12.3. The first-order chi connectivity index (χ1) is 9.78. The lowest BCUT2D eigenvalue weighted by Gasteiger charge is -2.08. The predicted molar refractivity (Wildman–Crippen MR) is 75.0 cm³/mol. The minimum Gasteiger partial charge on any atom is -0.364 e. The quantitative estimate of drug-likeness (QED) is 0.678. The van der Waals surface area contributed by atoms with Crippen molar-refractivity contribution in [3.8, 4) is 0 Å². The zero-order chi connectivity index (χ0) is 13.9. The third-order valence-electron chi connectivity index (χ3n) is 2.91. The summed E-state index contributed by atoms with van der Waals surface area (Å²) in [6.45, 7) is 0.334. The molecule has 0 spiro atoms. The Labute approximate surface area is 114 Å². The molecule has 0 aliphatic rings. The van der Waals surface area contributed by atoms with Crippen molar-refractivity contribution < 1.29 is 4.39 Å². The van der Waals surface area contributed by atoms with E-state index >= 15 is 0 Å². The van der Waals surface area contributed by atoms with Crippen LogP contribution >= 0.6 is 0 Å². The molecule has 1 aromatic carbocycles. The second-order valence-corrected chi connectivity index (χ2v) is 4.19. The number of aromatic nitrogens is 4. The van der Waals surface area contributed by atoms with Gasteiger partial charge in [0.2, 0.25) is 5.95 Å². The summed E-state index contributed by atoms with van der Waals surface area (Å²) in [7, 11) is 1.73. The van der Waals surface area contributed by atoms with Crippen LogP contribution in [0.1, 0.15) is 5.56 Å². The van der Waals surface area contributed by atoms with Crippen LogP contribution in [0.15, 0.2) is 30.6 Å². The highest BCUT2D eigenvalue weighted by Crippen LogP contribution is 2.19. The summed E-state index contributed by atoms with van der Waals surface area (Å²) in [6, 6.07) is 6.62. The maximum atomic E-state index is 13.6. The summed E-state index contributed by atoms with van der Waals surface area (Å²) < 4.78 is 13.6. The molecule has 3 N–H and O–H groups in total. The third kappa shape index (κ3) is 2.25. The Morgan fingerprint density at radius 1 is 1.25 bits per heavy atom. The van der Waals surface area contributed by atoms with Gasteiger partial charge in [-0.2, -0.15) is 9.97 Å². The van der Waals surface area contributed by atoms with Crippen LogP contribution in [0.25, 0.3) is 11.2 Å². The van der Waals surface area contributed by atoms with Crippen LogP contribution in [0.5, 0.6) is 0 Å². The fourth-order valence-electron chi connectivity index (χ4n) is 1.89. The summed E-state index contributed by atoms with van der Waals surface area (Å²) in [5.74, 6) is 0.796. The molecular weight excluding hydrogens is 259 g/mol. The molecule has 0 aliphatic carbocycles. The van der Waals surface area contributed by atoms with E-state index in [1.165, 1.54) is 6.07 Å². The Morgan fingerprint density at radius 2 is 2.10 bits per heavy atom. The average Bonchev–Trinajstić information content (AvgIpc) is 2.94. The predicted octanol–water partition coefficient (Wildman–Crippen LogP) is 2.15. The van der Waals surface area contributed by atoms with Crippen LogP contribution in [0.3, 0.4) is 0 Å². The summed E-state index contributed by atoms with van der Waals surface area (Å²) in [6.07, 6.45) is 1.55. The standard InChI is InChI=1S/C13H13FN6/c1-15-13-19-11(10-12(20-13)18-7-17-10)16-6-8-4-2-3-5-9(8)14/h2-5,7H,6H2,1H3,(H3,15,16,17,18,19,20). The van der Waals surface area contributed by atoms with Gasteiger partial charge in [0.05, 0.1) is 6.33 Å². The Kier molecular flexibility index (Phi) is 3.16. The van der Waals surface area contributed by atoms with E-state index in [0.29, 0.717) is 35.0 Å². The molecule has 2 heterocycles. The molecule has 3 rings (SSSR count). The van der Waals surface area contributed by atoms with Crippen molar-refractivity contribution in [1.82, 2.24) is 19.9 Å². The maximum absolute atomic E-state index is 13.6. The van der Waals surface area contributed by atoms with E-state index < -0.39 is 0 Å². The van der Waals surface area contributed by atoms with Gasteiger partial charge in [-0.1, -0.05) is 18.2 Å². The van der Waals surface area contributed by atoms with Crippen molar-refractivity contribution in [3.63, 3.8) is 0 Å². The first-order valence-electron chi connectivity index (χ1n) is 6.14. The van der Waals surface area contributed by atoms with Crippen LogP contribution < -0.4 is 10.6 Å². The number of halogens is 1. The highest BCUT2D eigenvalue weighted by Gasteiger charge is 2.09. The van der Waals surface area contributed by atoms with Gasteiger partial charge in [-0.25, -0.2) is 9.37 Å². The summed E-state index contributed by atoms with van der Waals surface area (Å²) >= 11 is 0. The highest BCUT2D eigenvalue weighted by atomic mass is 19.1. The van der Waals surface area contributed by atoms with Crippen molar-refractivity contribution in [2.24, 2.45) is 0 Å². The molecule has 0 amide bonds. The van der Waals surface area contributed by atoms with Gasteiger partial charge in [-0.05, 0) is 6.07 Å². The number of hydrogen-bond donors (Lipinski definition) is 3. The van der Waals surface area contributed by atoms with E-state index in [1.54, 1.807) is 31.6 Å². The van der Waals surface area contributed by atoms with Crippen molar-refractivity contribution in [2.45, 2.75) is 6.54 Å². The number of nitrogens with one attached hydrogen (secondary N) is 3. The Morgan fingerprint density at radius 3 is 2.90 bits per heavy atom. The molecule has 0 aliphatic heterocycles. The number of anilines is 2. The largest absolute Gasteiger partial charge is 0.364 e. The molecule has 0 saturated heterocycles. The van der Waals surface area contributed by atoms with Gasteiger partial charge < -0.3 is 15.6 Å². The molecule has 2 aromatic heterocycles. The smallest absolute Gasteiger partial charge is 0.226 e. The van der Waals surface area contributed by atoms with Gasteiger partial charge in [-0.15, -0.1) is 0 Å². The number of benzene rings is 1. The van der Waals surface area contributed by atoms with Gasteiger partial charge >= 0.3 is 0 Å². The fraction of sp³-hybridized carbons (Fsp3) is 0.154. The lowest BCUT2D eigenvalue weighted by atomic mass is 10.2. The summed E-state index contributed by atoms with van der Waals surface area (Å²) in [4.78, 5) is 15.6. The molecular formula is C13H13FN6. The van der Waals surface area contributed by atoms with E-state index in [9.17, 15) is 4.39 Å². The number of rotatable bonds is 4. The molecule has 20 heavy (non-hydrogen) atoms.